The molecule has 0 fully saturated rings. The van der Waals surface area contributed by atoms with Crippen LogP contribution in [0.2, 0.25) is 0 Å². The summed E-state index contributed by atoms with van der Waals surface area (Å²) in [5.74, 6) is 0.206. The number of nitrogens with zero attached hydrogens (tertiary/aromatic N) is 3. The van der Waals surface area contributed by atoms with E-state index in [1.54, 1.807) is 14.0 Å². The Labute approximate surface area is 169 Å². The predicted octanol–water partition coefficient (Wildman–Crippen LogP) is 4.01. The lowest BCUT2D eigenvalue weighted by molar-refractivity contribution is 0.551. The van der Waals surface area contributed by atoms with Gasteiger partial charge in [-0.1, -0.05) is 24.3 Å². The summed E-state index contributed by atoms with van der Waals surface area (Å²) in [5.41, 5.74) is 2.36. The molecule has 0 aliphatic heterocycles. The van der Waals surface area contributed by atoms with E-state index in [2.05, 4.69) is 20.6 Å². The molecule has 0 amide bonds. The standard InChI is InChI=1S/C22H25F2N5/c1-14(17-10-9-16(23)12-19(17)24)27-22(25-2)26-13-15-11-21(29(3)4)28-20-8-6-5-7-18(15)20/h5-12,14H,13H2,1-4H3,(H2,25,26,27). The summed E-state index contributed by atoms with van der Waals surface area (Å²) in [6.45, 7) is 2.32. The number of aliphatic imine (C=N–C) groups is 1. The van der Waals surface area contributed by atoms with Gasteiger partial charge in [-0.25, -0.2) is 13.8 Å². The molecule has 0 saturated carbocycles. The zero-order valence-corrected chi connectivity index (χ0v) is 17.0. The molecule has 3 aromatic rings. The third-order valence-corrected chi connectivity index (χ3v) is 4.70. The lowest BCUT2D eigenvalue weighted by Crippen LogP contribution is -2.38. The number of para-hydroxylation sites is 1. The second-order valence-electron chi connectivity index (χ2n) is 7.01. The Morgan fingerprint density at radius 2 is 1.90 bits per heavy atom. The number of pyridine rings is 1. The van der Waals surface area contributed by atoms with E-state index in [1.165, 1.54) is 12.1 Å². The van der Waals surface area contributed by atoms with E-state index < -0.39 is 11.6 Å². The Bertz CT molecular complexity index is 1030. The van der Waals surface area contributed by atoms with E-state index in [0.29, 0.717) is 18.1 Å². The van der Waals surface area contributed by atoms with Crippen molar-refractivity contribution < 1.29 is 8.78 Å². The van der Waals surface area contributed by atoms with Gasteiger partial charge in [0.2, 0.25) is 0 Å². The smallest absolute Gasteiger partial charge is 0.191 e. The first-order valence-corrected chi connectivity index (χ1v) is 9.37. The van der Waals surface area contributed by atoms with Gasteiger partial charge in [-0.2, -0.15) is 0 Å². The zero-order valence-electron chi connectivity index (χ0n) is 17.0. The summed E-state index contributed by atoms with van der Waals surface area (Å²) in [6, 6.07) is 13.2. The van der Waals surface area contributed by atoms with Crippen LogP contribution in [-0.4, -0.2) is 32.1 Å². The van der Waals surface area contributed by atoms with Crippen LogP contribution in [-0.2, 0) is 6.54 Å². The number of rotatable bonds is 5. The molecule has 0 aliphatic carbocycles. The van der Waals surface area contributed by atoms with Crippen LogP contribution in [0.3, 0.4) is 0 Å². The van der Waals surface area contributed by atoms with Gasteiger partial charge in [0.25, 0.3) is 0 Å². The molecule has 152 valence electrons. The molecular weight excluding hydrogens is 372 g/mol. The van der Waals surface area contributed by atoms with Crippen LogP contribution in [0.1, 0.15) is 24.1 Å². The minimum atomic E-state index is -0.595. The average molecular weight is 397 g/mol. The fourth-order valence-corrected chi connectivity index (χ4v) is 3.12. The van der Waals surface area contributed by atoms with Crippen LogP contribution < -0.4 is 15.5 Å². The average Bonchev–Trinajstić information content (AvgIpc) is 2.70. The first-order chi connectivity index (χ1) is 13.9. The molecule has 7 heteroatoms. The van der Waals surface area contributed by atoms with Crippen molar-refractivity contribution in [1.29, 1.82) is 0 Å². The van der Waals surface area contributed by atoms with Crippen LogP contribution in [0.15, 0.2) is 53.5 Å². The summed E-state index contributed by atoms with van der Waals surface area (Å²) >= 11 is 0. The Kier molecular flexibility index (Phi) is 6.26. The molecule has 0 saturated heterocycles. The van der Waals surface area contributed by atoms with Crippen LogP contribution in [0.4, 0.5) is 14.6 Å². The van der Waals surface area contributed by atoms with Gasteiger partial charge in [-0.3, -0.25) is 4.99 Å². The monoisotopic (exact) mass is 397 g/mol. The van der Waals surface area contributed by atoms with E-state index >= 15 is 0 Å². The SMILES string of the molecule is CN=C(NCc1cc(N(C)C)nc2ccccc12)NC(C)c1ccc(F)cc1F. The molecule has 2 aromatic carbocycles. The normalized spacial score (nSPS) is 12.7. The van der Waals surface area contributed by atoms with Gasteiger partial charge < -0.3 is 15.5 Å². The molecule has 0 aliphatic rings. The highest BCUT2D eigenvalue weighted by Crippen LogP contribution is 2.22. The van der Waals surface area contributed by atoms with Crippen molar-refractivity contribution in [2.45, 2.75) is 19.5 Å². The first kappa shape index (κ1) is 20.5. The zero-order chi connectivity index (χ0) is 21.0. The summed E-state index contributed by atoms with van der Waals surface area (Å²) in [7, 11) is 5.56. The number of benzene rings is 2. The number of nitrogens with one attached hydrogen (secondary N) is 2. The number of fused-ring (bicyclic) bond motifs is 1. The Morgan fingerprint density at radius 3 is 2.59 bits per heavy atom. The minimum Gasteiger partial charge on any atom is -0.363 e. The van der Waals surface area contributed by atoms with Crippen LogP contribution in [0, 0.1) is 11.6 Å². The molecular formula is C22H25F2N5. The third-order valence-electron chi connectivity index (χ3n) is 4.70. The molecule has 3 rings (SSSR count). The summed E-state index contributed by atoms with van der Waals surface area (Å²) in [6.07, 6.45) is 0. The van der Waals surface area contributed by atoms with Gasteiger partial charge in [0, 0.05) is 44.7 Å². The van der Waals surface area contributed by atoms with Gasteiger partial charge >= 0.3 is 0 Å². The number of anilines is 1. The second-order valence-corrected chi connectivity index (χ2v) is 7.01. The van der Waals surface area contributed by atoms with E-state index in [9.17, 15) is 8.78 Å². The van der Waals surface area contributed by atoms with Crippen LogP contribution >= 0.6 is 0 Å². The first-order valence-electron chi connectivity index (χ1n) is 9.37. The molecule has 1 heterocycles. The molecule has 0 radical (unpaired) electrons. The molecule has 1 atom stereocenters. The Hall–Kier alpha value is -3.22. The van der Waals surface area contributed by atoms with Crippen molar-refractivity contribution in [2.75, 3.05) is 26.0 Å². The van der Waals surface area contributed by atoms with E-state index in [1.807, 2.05) is 49.3 Å². The maximum absolute atomic E-state index is 14.0. The van der Waals surface area contributed by atoms with Gasteiger partial charge in [0.15, 0.2) is 5.96 Å². The van der Waals surface area contributed by atoms with Crippen molar-refractivity contribution in [3.05, 3.63) is 71.3 Å². The highest BCUT2D eigenvalue weighted by molar-refractivity contribution is 5.85. The molecule has 0 bridgehead atoms. The molecule has 5 nitrogen and oxygen atoms in total. The largest absolute Gasteiger partial charge is 0.363 e. The van der Waals surface area contributed by atoms with Crippen molar-refractivity contribution in [1.82, 2.24) is 15.6 Å². The van der Waals surface area contributed by atoms with E-state index in [-0.39, 0.29) is 6.04 Å². The molecule has 0 spiro atoms. The number of hydrogen-bond donors (Lipinski definition) is 2. The molecule has 2 N–H and O–H groups in total. The predicted molar refractivity (Wildman–Crippen MR) is 114 cm³/mol. The fourth-order valence-electron chi connectivity index (χ4n) is 3.12. The topological polar surface area (TPSA) is 52.6 Å². The van der Waals surface area contributed by atoms with E-state index in [4.69, 9.17) is 0 Å². The molecule has 29 heavy (non-hydrogen) atoms. The second kappa shape index (κ2) is 8.86. The van der Waals surface area contributed by atoms with Gasteiger partial charge in [0.1, 0.15) is 17.5 Å². The highest BCUT2D eigenvalue weighted by atomic mass is 19.1. The van der Waals surface area contributed by atoms with Gasteiger partial charge in [-0.05, 0) is 30.7 Å². The summed E-state index contributed by atoms with van der Waals surface area (Å²) < 4.78 is 27.2. The number of guanidine groups is 1. The Balaban J connectivity index is 1.77. The third kappa shape index (κ3) is 4.80. The number of aromatic nitrogens is 1. The minimum absolute atomic E-state index is 0.374. The van der Waals surface area contributed by atoms with Crippen molar-refractivity contribution >= 4 is 22.7 Å². The van der Waals surface area contributed by atoms with Crippen molar-refractivity contribution in [2.24, 2.45) is 4.99 Å². The van der Waals surface area contributed by atoms with E-state index in [0.717, 1.165) is 28.4 Å². The lowest BCUT2D eigenvalue weighted by atomic mass is 10.1. The number of hydrogen-bond acceptors (Lipinski definition) is 3. The maximum atomic E-state index is 14.0. The van der Waals surface area contributed by atoms with Crippen LogP contribution in [0.25, 0.3) is 10.9 Å². The van der Waals surface area contributed by atoms with Crippen molar-refractivity contribution in [3.63, 3.8) is 0 Å². The van der Waals surface area contributed by atoms with Gasteiger partial charge in [0.05, 0.1) is 11.6 Å². The van der Waals surface area contributed by atoms with Crippen molar-refractivity contribution in [3.8, 4) is 0 Å². The molecule has 1 aromatic heterocycles. The summed E-state index contributed by atoms with van der Waals surface area (Å²) in [5, 5.41) is 7.48. The highest BCUT2D eigenvalue weighted by Gasteiger charge is 2.14. The van der Waals surface area contributed by atoms with Gasteiger partial charge in [-0.15, -0.1) is 0 Å². The number of halogens is 2. The lowest BCUT2D eigenvalue weighted by Gasteiger charge is -2.20. The maximum Gasteiger partial charge on any atom is 0.191 e. The quantitative estimate of drug-likeness (QED) is 0.505. The van der Waals surface area contributed by atoms with Crippen LogP contribution in [0.5, 0.6) is 0 Å². The summed E-state index contributed by atoms with van der Waals surface area (Å²) in [4.78, 5) is 10.9. The fraction of sp³-hybridized carbons (Fsp3) is 0.273. The Morgan fingerprint density at radius 1 is 1.14 bits per heavy atom. The molecule has 1 unspecified atom stereocenters.